The Balaban J connectivity index is 2.68. The third-order valence-corrected chi connectivity index (χ3v) is 4.95. The zero-order valence-corrected chi connectivity index (χ0v) is 15.1. The number of likely N-dealkylation sites (N-methyl/N-ethyl adjacent to an activating group) is 1. The van der Waals surface area contributed by atoms with Crippen molar-refractivity contribution in [1.82, 2.24) is 14.9 Å². The first-order chi connectivity index (χ1) is 11.9. The highest BCUT2D eigenvalue weighted by Gasteiger charge is 2.15. The largest absolute Gasteiger partial charge is 0.343 e. The monoisotopic (exact) mass is 366 g/mol. The van der Waals surface area contributed by atoms with E-state index in [0.717, 1.165) is 0 Å². The summed E-state index contributed by atoms with van der Waals surface area (Å²) in [6.07, 6.45) is 0.0697. The Hall–Kier alpha value is -2.44. The molecule has 136 valence electrons. The minimum Gasteiger partial charge on any atom is -0.343 e. The number of amides is 2. The van der Waals surface area contributed by atoms with Crippen molar-refractivity contribution in [3.8, 4) is 6.07 Å². The average Bonchev–Trinajstić information content (AvgIpc) is 2.61. The number of hydrogen-bond acceptors (Lipinski definition) is 5. The summed E-state index contributed by atoms with van der Waals surface area (Å²) in [4.78, 5) is 25.5. The van der Waals surface area contributed by atoms with Crippen LogP contribution >= 0.6 is 0 Å². The van der Waals surface area contributed by atoms with Crippen LogP contribution in [0.2, 0.25) is 0 Å². The van der Waals surface area contributed by atoms with Gasteiger partial charge in [-0.15, -0.1) is 0 Å². The molecule has 0 radical (unpaired) electrons. The lowest BCUT2D eigenvalue weighted by Crippen LogP contribution is -2.40. The van der Waals surface area contributed by atoms with Crippen LogP contribution in [0.3, 0.4) is 0 Å². The summed E-state index contributed by atoms with van der Waals surface area (Å²) < 4.78 is 26.2. The molecule has 0 heterocycles. The van der Waals surface area contributed by atoms with Crippen LogP contribution in [0.15, 0.2) is 29.2 Å². The van der Waals surface area contributed by atoms with Crippen molar-refractivity contribution in [3.63, 3.8) is 0 Å². The highest BCUT2D eigenvalue weighted by atomic mass is 32.2. The van der Waals surface area contributed by atoms with E-state index < -0.39 is 15.9 Å². The van der Waals surface area contributed by atoms with Gasteiger partial charge in [0.05, 0.1) is 17.5 Å². The first-order valence-electron chi connectivity index (χ1n) is 7.88. The molecule has 0 spiro atoms. The number of nitrogens with one attached hydrogen (secondary N) is 2. The highest BCUT2D eigenvalue weighted by Crippen LogP contribution is 2.10. The van der Waals surface area contributed by atoms with Gasteiger partial charge in [0.1, 0.15) is 0 Å². The van der Waals surface area contributed by atoms with E-state index in [-0.39, 0.29) is 35.9 Å². The lowest BCUT2D eigenvalue weighted by atomic mass is 10.2. The van der Waals surface area contributed by atoms with Crippen molar-refractivity contribution in [3.05, 3.63) is 29.8 Å². The van der Waals surface area contributed by atoms with Gasteiger partial charge in [-0.1, -0.05) is 0 Å². The van der Waals surface area contributed by atoms with Gasteiger partial charge in [0.2, 0.25) is 15.9 Å². The Morgan fingerprint density at radius 1 is 1.16 bits per heavy atom. The fourth-order valence-electron chi connectivity index (χ4n) is 2.06. The van der Waals surface area contributed by atoms with Crippen LogP contribution in [-0.2, 0) is 14.8 Å². The quantitative estimate of drug-likeness (QED) is 0.616. The van der Waals surface area contributed by atoms with Gasteiger partial charge in [-0.2, -0.15) is 5.26 Å². The zero-order valence-electron chi connectivity index (χ0n) is 14.3. The molecule has 25 heavy (non-hydrogen) atoms. The van der Waals surface area contributed by atoms with Crippen molar-refractivity contribution in [2.75, 3.05) is 26.2 Å². The van der Waals surface area contributed by atoms with E-state index in [1.54, 1.807) is 4.90 Å². The predicted molar refractivity (Wildman–Crippen MR) is 92.1 cm³/mol. The van der Waals surface area contributed by atoms with Gasteiger partial charge in [-0.25, -0.2) is 13.1 Å². The number of carbonyl (C=O) groups excluding carboxylic acids is 2. The maximum absolute atomic E-state index is 12.0. The van der Waals surface area contributed by atoms with Gasteiger partial charge in [0.25, 0.3) is 5.91 Å². The molecule has 0 unspecified atom stereocenters. The molecular formula is C16H22N4O4S. The van der Waals surface area contributed by atoms with Crippen LogP contribution in [0, 0.1) is 11.3 Å². The number of sulfonamides is 1. The second kappa shape index (κ2) is 9.76. The van der Waals surface area contributed by atoms with E-state index in [0.29, 0.717) is 13.1 Å². The lowest BCUT2D eigenvalue weighted by Gasteiger charge is -2.18. The Morgan fingerprint density at radius 2 is 1.76 bits per heavy atom. The normalized spacial score (nSPS) is 10.8. The maximum atomic E-state index is 12.0. The molecule has 0 fully saturated rings. The van der Waals surface area contributed by atoms with Gasteiger partial charge in [0, 0.05) is 31.6 Å². The summed E-state index contributed by atoms with van der Waals surface area (Å²) in [7, 11) is -3.71. The highest BCUT2D eigenvalue weighted by molar-refractivity contribution is 7.89. The smallest absolute Gasteiger partial charge is 0.251 e. The molecule has 1 aromatic carbocycles. The van der Waals surface area contributed by atoms with E-state index in [4.69, 9.17) is 5.26 Å². The molecule has 0 saturated carbocycles. The predicted octanol–water partition coefficient (Wildman–Crippen LogP) is 0.477. The molecule has 1 aromatic rings. The molecule has 8 nitrogen and oxygen atoms in total. The zero-order chi connectivity index (χ0) is 18.9. The minimum absolute atomic E-state index is 0.00112. The van der Waals surface area contributed by atoms with Crippen LogP contribution in [0.4, 0.5) is 0 Å². The van der Waals surface area contributed by atoms with E-state index in [1.807, 2.05) is 19.9 Å². The minimum atomic E-state index is -3.71. The number of benzene rings is 1. The third kappa shape index (κ3) is 6.17. The number of carbonyl (C=O) groups is 2. The SMILES string of the molecule is CCN(CC)C(=O)CNC(=O)c1ccc(S(=O)(=O)NCCC#N)cc1. The molecule has 0 aliphatic rings. The summed E-state index contributed by atoms with van der Waals surface area (Å²) in [5, 5.41) is 10.9. The van der Waals surface area contributed by atoms with Crippen LogP contribution in [0.5, 0.6) is 0 Å². The molecule has 1 rings (SSSR count). The topological polar surface area (TPSA) is 119 Å². The van der Waals surface area contributed by atoms with Gasteiger partial charge in [-0.3, -0.25) is 9.59 Å². The molecule has 2 N–H and O–H groups in total. The number of nitriles is 1. The third-order valence-electron chi connectivity index (χ3n) is 3.47. The van der Waals surface area contributed by atoms with Crippen molar-refractivity contribution in [1.29, 1.82) is 5.26 Å². The van der Waals surface area contributed by atoms with Gasteiger partial charge >= 0.3 is 0 Å². The second-order valence-electron chi connectivity index (χ2n) is 5.08. The van der Waals surface area contributed by atoms with Crippen LogP contribution in [-0.4, -0.2) is 51.3 Å². The Labute approximate surface area is 147 Å². The van der Waals surface area contributed by atoms with Crippen molar-refractivity contribution < 1.29 is 18.0 Å². The average molecular weight is 366 g/mol. The van der Waals surface area contributed by atoms with Gasteiger partial charge in [0.15, 0.2) is 0 Å². The number of nitrogens with zero attached hydrogens (tertiary/aromatic N) is 2. The Morgan fingerprint density at radius 3 is 2.28 bits per heavy atom. The second-order valence-corrected chi connectivity index (χ2v) is 6.85. The molecule has 0 bridgehead atoms. The van der Waals surface area contributed by atoms with E-state index >= 15 is 0 Å². The first-order valence-corrected chi connectivity index (χ1v) is 9.36. The van der Waals surface area contributed by atoms with Crippen molar-refractivity contribution >= 4 is 21.8 Å². The lowest BCUT2D eigenvalue weighted by molar-refractivity contribution is -0.129. The fraction of sp³-hybridized carbons (Fsp3) is 0.438. The summed E-state index contributed by atoms with van der Waals surface area (Å²) in [6.45, 7) is 4.75. The van der Waals surface area contributed by atoms with E-state index in [2.05, 4.69) is 10.0 Å². The molecule has 0 aromatic heterocycles. The van der Waals surface area contributed by atoms with Crippen molar-refractivity contribution in [2.24, 2.45) is 0 Å². The maximum Gasteiger partial charge on any atom is 0.251 e. The molecule has 9 heteroatoms. The molecule has 0 aliphatic carbocycles. The van der Waals surface area contributed by atoms with Crippen molar-refractivity contribution in [2.45, 2.75) is 25.2 Å². The van der Waals surface area contributed by atoms with Crippen LogP contribution in [0.1, 0.15) is 30.6 Å². The molecule has 0 saturated heterocycles. The van der Waals surface area contributed by atoms with Gasteiger partial charge in [-0.05, 0) is 38.1 Å². The summed E-state index contributed by atoms with van der Waals surface area (Å²) in [5.74, 6) is -0.638. The fourth-order valence-corrected chi connectivity index (χ4v) is 3.09. The summed E-state index contributed by atoms with van der Waals surface area (Å²) >= 11 is 0. The Kier molecular flexibility index (Phi) is 8.04. The number of hydrogen-bond donors (Lipinski definition) is 2. The molecule has 0 atom stereocenters. The van der Waals surface area contributed by atoms with E-state index in [1.165, 1.54) is 24.3 Å². The first kappa shape index (κ1) is 20.6. The van der Waals surface area contributed by atoms with Crippen LogP contribution < -0.4 is 10.0 Å². The van der Waals surface area contributed by atoms with Gasteiger partial charge < -0.3 is 10.2 Å². The molecule has 2 amide bonds. The van der Waals surface area contributed by atoms with E-state index in [9.17, 15) is 18.0 Å². The summed E-state index contributed by atoms with van der Waals surface area (Å²) in [5.41, 5.74) is 0.253. The Bertz CT molecular complexity index is 734. The van der Waals surface area contributed by atoms with Crippen LogP contribution in [0.25, 0.3) is 0 Å². The number of rotatable bonds is 9. The summed E-state index contributed by atoms with van der Waals surface area (Å²) in [6, 6.07) is 7.19. The molecular weight excluding hydrogens is 344 g/mol. The molecule has 0 aliphatic heterocycles. The standard InChI is InChI=1S/C16H22N4O4S/c1-3-20(4-2)15(21)12-18-16(22)13-6-8-14(9-7-13)25(23,24)19-11-5-10-17/h6-9,19H,3-5,11-12H2,1-2H3,(H,18,22).